The highest BCUT2D eigenvalue weighted by atomic mass is 16.3. The van der Waals surface area contributed by atoms with Gasteiger partial charge in [-0.2, -0.15) is 0 Å². The van der Waals surface area contributed by atoms with Crippen molar-refractivity contribution in [2.24, 2.45) is 5.92 Å². The van der Waals surface area contributed by atoms with Gasteiger partial charge in [-0.1, -0.05) is 0 Å². The van der Waals surface area contributed by atoms with Crippen LogP contribution in [0.15, 0.2) is 16.7 Å². The molecule has 0 radical (unpaired) electrons. The molecule has 2 atom stereocenters. The van der Waals surface area contributed by atoms with Gasteiger partial charge in [0.2, 0.25) is 0 Å². The van der Waals surface area contributed by atoms with Gasteiger partial charge in [0.25, 0.3) is 0 Å². The van der Waals surface area contributed by atoms with Crippen LogP contribution >= 0.6 is 0 Å². The smallest absolute Gasteiger partial charge is 0.110 e. The van der Waals surface area contributed by atoms with E-state index in [1.807, 2.05) is 13.1 Å². The van der Waals surface area contributed by atoms with Crippen LogP contribution in [0.4, 0.5) is 0 Å². The summed E-state index contributed by atoms with van der Waals surface area (Å²) in [6.07, 6.45) is 3.08. The van der Waals surface area contributed by atoms with E-state index in [2.05, 4.69) is 12.2 Å². The first kappa shape index (κ1) is 7.87. The zero-order valence-electron chi connectivity index (χ0n) is 7.63. The van der Waals surface area contributed by atoms with E-state index in [4.69, 9.17) is 4.42 Å². The van der Waals surface area contributed by atoms with Crippen LogP contribution in [-0.2, 0) is 0 Å². The van der Waals surface area contributed by atoms with E-state index < -0.39 is 0 Å². The molecule has 1 aliphatic rings. The van der Waals surface area contributed by atoms with Gasteiger partial charge in [-0.25, -0.2) is 0 Å². The van der Waals surface area contributed by atoms with Crippen LogP contribution in [0.3, 0.4) is 0 Å². The number of hydrogen-bond donors (Lipinski definition) is 1. The highest BCUT2D eigenvalue weighted by Crippen LogP contribution is 2.48. The summed E-state index contributed by atoms with van der Waals surface area (Å²) in [4.78, 5) is 0. The number of furan rings is 1. The van der Waals surface area contributed by atoms with E-state index in [1.54, 1.807) is 6.26 Å². The Bertz CT molecular complexity index is 267. The van der Waals surface area contributed by atoms with Crippen molar-refractivity contribution in [2.75, 3.05) is 13.6 Å². The predicted molar refractivity (Wildman–Crippen MR) is 48.2 cm³/mol. The van der Waals surface area contributed by atoms with Gasteiger partial charge in [0.15, 0.2) is 0 Å². The summed E-state index contributed by atoms with van der Waals surface area (Å²) in [6, 6.07) is 2.05. The lowest BCUT2D eigenvalue weighted by Crippen LogP contribution is -2.10. The van der Waals surface area contributed by atoms with Crippen molar-refractivity contribution < 1.29 is 4.42 Å². The first-order valence-corrected chi connectivity index (χ1v) is 4.51. The van der Waals surface area contributed by atoms with Crippen molar-refractivity contribution in [3.8, 4) is 0 Å². The average Bonchev–Trinajstić information content (AvgIpc) is 2.67. The van der Waals surface area contributed by atoms with Crippen molar-refractivity contribution in [3.63, 3.8) is 0 Å². The molecule has 1 N–H and O–H groups in total. The third-order valence-corrected chi connectivity index (χ3v) is 2.63. The Morgan fingerprint density at radius 2 is 2.50 bits per heavy atom. The molecular formula is C10H15NO. The number of nitrogens with one attached hydrogen (secondary N) is 1. The number of aryl methyl sites for hydroxylation is 1. The van der Waals surface area contributed by atoms with Crippen molar-refractivity contribution in [2.45, 2.75) is 19.3 Å². The maximum Gasteiger partial charge on any atom is 0.110 e. The van der Waals surface area contributed by atoms with Crippen LogP contribution in [-0.4, -0.2) is 13.6 Å². The summed E-state index contributed by atoms with van der Waals surface area (Å²) in [5.41, 5.74) is 1.30. The molecule has 2 heteroatoms. The number of hydrogen-bond acceptors (Lipinski definition) is 2. The minimum Gasteiger partial charge on any atom is -0.469 e. The molecule has 66 valence electrons. The first-order valence-electron chi connectivity index (χ1n) is 4.51. The Morgan fingerprint density at radius 1 is 1.67 bits per heavy atom. The monoisotopic (exact) mass is 165 g/mol. The lowest BCUT2D eigenvalue weighted by Gasteiger charge is -1.96. The van der Waals surface area contributed by atoms with E-state index in [0.717, 1.165) is 12.5 Å². The van der Waals surface area contributed by atoms with Crippen molar-refractivity contribution in [3.05, 3.63) is 23.7 Å². The minimum atomic E-state index is 0.687. The second-order valence-corrected chi connectivity index (χ2v) is 3.63. The molecular weight excluding hydrogens is 150 g/mol. The molecule has 0 aliphatic heterocycles. The van der Waals surface area contributed by atoms with Crippen molar-refractivity contribution >= 4 is 0 Å². The molecule has 0 spiro atoms. The average molecular weight is 165 g/mol. The van der Waals surface area contributed by atoms with Gasteiger partial charge in [-0.3, -0.25) is 0 Å². The van der Waals surface area contributed by atoms with Gasteiger partial charge in [-0.05, 0) is 44.5 Å². The van der Waals surface area contributed by atoms with E-state index in [9.17, 15) is 0 Å². The van der Waals surface area contributed by atoms with E-state index in [-0.39, 0.29) is 0 Å². The fraction of sp³-hybridized carbons (Fsp3) is 0.600. The Hall–Kier alpha value is -0.760. The van der Waals surface area contributed by atoms with Gasteiger partial charge in [0.1, 0.15) is 5.76 Å². The maximum absolute atomic E-state index is 5.44. The molecule has 12 heavy (non-hydrogen) atoms. The second kappa shape index (κ2) is 2.94. The third-order valence-electron chi connectivity index (χ3n) is 2.63. The molecule has 1 aliphatic carbocycles. The van der Waals surface area contributed by atoms with Gasteiger partial charge in [0, 0.05) is 5.92 Å². The number of rotatable bonds is 3. The van der Waals surface area contributed by atoms with Crippen LogP contribution in [0.25, 0.3) is 0 Å². The topological polar surface area (TPSA) is 25.2 Å². The van der Waals surface area contributed by atoms with Gasteiger partial charge in [-0.15, -0.1) is 0 Å². The quantitative estimate of drug-likeness (QED) is 0.740. The molecule has 1 aromatic heterocycles. The molecule has 0 aromatic carbocycles. The fourth-order valence-corrected chi connectivity index (χ4v) is 1.82. The summed E-state index contributed by atoms with van der Waals surface area (Å²) in [5, 5.41) is 3.20. The minimum absolute atomic E-state index is 0.687. The van der Waals surface area contributed by atoms with Crippen LogP contribution in [0, 0.1) is 12.8 Å². The Morgan fingerprint density at radius 3 is 3.08 bits per heavy atom. The van der Waals surface area contributed by atoms with Crippen molar-refractivity contribution in [1.82, 2.24) is 5.32 Å². The zero-order chi connectivity index (χ0) is 8.55. The van der Waals surface area contributed by atoms with E-state index in [0.29, 0.717) is 5.92 Å². The summed E-state index contributed by atoms with van der Waals surface area (Å²) < 4.78 is 5.44. The molecule has 2 rings (SSSR count). The van der Waals surface area contributed by atoms with Gasteiger partial charge < -0.3 is 9.73 Å². The Labute approximate surface area is 73.0 Å². The fourth-order valence-electron chi connectivity index (χ4n) is 1.82. The highest BCUT2D eigenvalue weighted by molar-refractivity contribution is 5.24. The van der Waals surface area contributed by atoms with Crippen LogP contribution in [0.2, 0.25) is 0 Å². The largest absolute Gasteiger partial charge is 0.469 e. The predicted octanol–water partition coefficient (Wildman–Crippen LogP) is 1.91. The van der Waals surface area contributed by atoms with Gasteiger partial charge >= 0.3 is 0 Å². The molecule has 0 bridgehead atoms. The normalized spacial score (nSPS) is 27.5. The maximum atomic E-state index is 5.44. The van der Waals surface area contributed by atoms with E-state index >= 15 is 0 Å². The van der Waals surface area contributed by atoms with Crippen LogP contribution < -0.4 is 5.32 Å². The third kappa shape index (κ3) is 1.27. The highest BCUT2D eigenvalue weighted by Gasteiger charge is 2.40. The second-order valence-electron chi connectivity index (χ2n) is 3.63. The molecule has 1 saturated carbocycles. The lowest BCUT2D eigenvalue weighted by atomic mass is 10.2. The van der Waals surface area contributed by atoms with E-state index in [1.165, 1.54) is 17.7 Å². The summed E-state index contributed by atoms with van der Waals surface area (Å²) >= 11 is 0. The summed E-state index contributed by atoms with van der Waals surface area (Å²) in [6.45, 7) is 3.23. The zero-order valence-corrected chi connectivity index (χ0v) is 7.63. The molecule has 2 unspecified atom stereocenters. The van der Waals surface area contributed by atoms with Crippen molar-refractivity contribution in [1.29, 1.82) is 0 Å². The molecule has 1 aromatic rings. The summed E-state index contributed by atoms with van der Waals surface area (Å²) in [5.74, 6) is 2.70. The molecule has 0 amide bonds. The Balaban J connectivity index is 2.01. The molecule has 1 heterocycles. The first-order chi connectivity index (χ1) is 5.83. The van der Waals surface area contributed by atoms with Gasteiger partial charge in [0.05, 0.1) is 6.26 Å². The molecule has 0 saturated heterocycles. The Kier molecular flexibility index (Phi) is 1.93. The molecule has 2 nitrogen and oxygen atoms in total. The lowest BCUT2D eigenvalue weighted by molar-refractivity contribution is 0.498. The summed E-state index contributed by atoms with van der Waals surface area (Å²) in [7, 11) is 2.00. The van der Waals surface area contributed by atoms with Crippen LogP contribution in [0.5, 0.6) is 0 Å². The molecule has 1 fully saturated rings. The standard InChI is InChI=1S/C10H15NO/c1-7-3-4-12-10(7)9-5-8(9)6-11-2/h3-4,8-9,11H,5-6H2,1-2H3. The van der Waals surface area contributed by atoms with Crippen LogP contribution in [0.1, 0.15) is 23.7 Å². The SMILES string of the molecule is CNCC1CC1c1occc1C.